The van der Waals surface area contributed by atoms with E-state index in [0.717, 1.165) is 64.0 Å². The standard InChI is InChI=1S/C30H37IN4O2/c1-2-9-30(37-26-7-3-6-25(21-26)34-17-19-36-20-18-34)29(8-1)35-15-13-33(14-16-35)12-4-5-24-23-32-28-10-11-31-22-27(24)28/h1-3,6-11,21-23,27-28,32H,4-5,12-20H2. The first-order chi connectivity index (χ1) is 18.3. The van der Waals surface area contributed by atoms with Gasteiger partial charge in [-0.1, -0.05) is 45.0 Å². The minimum Gasteiger partial charge on any atom is -0.455 e. The first-order valence-electron chi connectivity index (χ1n) is 13.6. The summed E-state index contributed by atoms with van der Waals surface area (Å²) in [6.07, 6.45) is 7.12. The van der Waals surface area contributed by atoms with Crippen LogP contribution >= 0.6 is 20.7 Å². The number of anilines is 2. The number of morpholine rings is 1. The Labute approximate surface area is 230 Å². The lowest BCUT2D eigenvalue weighted by Crippen LogP contribution is -2.46. The van der Waals surface area contributed by atoms with Gasteiger partial charge >= 0.3 is 0 Å². The predicted octanol–water partition coefficient (Wildman–Crippen LogP) is 4.99. The molecule has 0 aliphatic carbocycles. The summed E-state index contributed by atoms with van der Waals surface area (Å²) < 4.78 is 16.9. The third-order valence-corrected chi connectivity index (χ3v) is 9.80. The lowest BCUT2D eigenvalue weighted by atomic mass is 9.94. The van der Waals surface area contributed by atoms with Gasteiger partial charge in [0.05, 0.1) is 24.9 Å². The Bertz CT molecular complexity index is 1150. The highest BCUT2D eigenvalue weighted by Gasteiger charge is 2.27. The maximum atomic E-state index is 6.46. The molecule has 4 aliphatic heterocycles. The molecule has 0 aromatic heterocycles. The molecule has 2 fully saturated rings. The fraction of sp³-hybridized carbons (Fsp3) is 0.433. The highest BCUT2D eigenvalue weighted by atomic mass is 127. The zero-order valence-electron chi connectivity index (χ0n) is 21.4. The number of para-hydroxylation sites is 2. The van der Waals surface area contributed by atoms with Crippen molar-refractivity contribution in [2.75, 3.05) is 68.8 Å². The van der Waals surface area contributed by atoms with Gasteiger partial charge < -0.3 is 24.6 Å². The van der Waals surface area contributed by atoms with Crippen molar-refractivity contribution in [1.29, 1.82) is 0 Å². The molecule has 37 heavy (non-hydrogen) atoms. The summed E-state index contributed by atoms with van der Waals surface area (Å²) in [7, 11) is 0. The van der Waals surface area contributed by atoms with E-state index in [4.69, 9.17) is 9.47 Å². The molecule has 2 atom stereocenters. The van der Waals surface area contributed by atoms with Crippen LogP contribution < -0.4 is 19.9 Å². The number of hydrogen-bond donors (Lipinski definition) is 1. The van der Waals surface area contributed by atoms with E-state index >= 15 is 0 Å². The van der Waals surface area contributed by atoms with E-state index in [1.165, 1.54) is 30.8 Å². The minimum absolute atomic E-state index is 0.153. The van der Waals surface area contributed by atoms with Crippen molar-refractivity contribution in [3.8, 4) is 11.5 Å². The van der Waals surface area contributed by atoms with Gasteiger partial charge in [-0.15, -0.1) is 0 Å². The number of rotatable bonds is 8. The summed E-state index contributed by atoms with van der Waals surface area (Å²) in [6, 6.07) is 17.5. The minimum atomic E-state index is 0.153. The number of hydrogen-bond acceptors (Lipinski definition) is 6. The summed E-state index contributed by atoms with van der Waals surface area (Å²) in [5.74, 6) is 2.48. The fourth-order valence-electron chi connectivity index (χ4n) is 5.66. The predicted molar refractivity (Wildman–Crippen MR) is 162 cm³/mol. The SMILES string of the molecule is C1=CC2NC=C(CCCN3CCN(c4ccccc4Oc4cccc(N5CCOCC5)c4)CC3)C2C=I1. The summed E-state index contributed by atoms with van der Waals surface area (Å²) in [5, 5.41) is 3.56. The molecular formula is C30H37IN4O2. The second-order valence-electron chi connectivity index (χ2n) is 10.1. The van der Waals surface area contributed by atoms with E-state index in [0.29, 0.717) is 12.0 Å². The van der Waals surface area contributed by atoms with Gasteiger partial charge in [-0.05, 0) is 63.5 Å². The molecule has 2 aromatic carbocycles. The first kappa shape index (κ1) is 24.9. The van der Waals surface area contributed by atoms with Crippen molar-refractivity contribution in [1.82, 2.24) is 10.2 Å². The summed E-state index contributed by atoms with van der Waals surface area (Å²) >= 11 is 0.153. The van der Waals surface area contributed by atoms with Gasteiger partial charge in [0, 0.05) is 56.9 Å². The molecule has 6 rings (SSSR count). The summed E-state index contributed by atoms with van der Waals surface area (Å²) in [4.78, 5) is 7.48. The lowest BCUT2D eigenvalue weighted by molar-refractivity contribution is 0.122. The van der Waals surface area contributed by atoms with Crippen molar-refractivity contribution in [2.24, 2.45) is 5.92 Å². The molecule has 0 radical (unpaired) electrons. The number of nitrogens with zero attached hydrogens (tertiary/aromatic N) is 3. The van der Waals surface area contributed by atoms with Crippen molar-refractivity contribution < 1.29 is 9.47 Å². The topological polar surface area (TPSA) is 40.2 Å². The van der Waals surface area contributed by atoms with Gasteiger partial charge in [0.1, 0.15) is 5.75 Å². The number of nitrogens with one attached hydrogen (secondary N) is 1. The van der Waals surface area contributed by atoms with E-state index in [1.807, 2.05) is 0 Å². The van der Waals surface area contributed by atoms with Crippen LogP contribution in [0.25, 0.3) is 0 Å². The van der Waals surface area contributed by atoms with Crippen LogP contribution in [0.2, 0.25) is 0 Å². The fourth-order valence-corrected chi connectivity index (χ4v) is 7.95. The molecule has 1 N–H and O–H groups in total. The Hall–Kier alpha value is -2.36. The summed E-state index contributed by atoms with van der Waals surface area (Å²) in [6.45, 7) is 8.88. The van der Waals surface area contributed by atoms with Crippen molar-refractivity contribution >= 4 is 36.1 Å². The zero-order chi connectivity index (χ0) is 24.9. The number of piperazine rings is 1. The molecule has 196 valence electrons. The molecule has 7 heteroatoms. The maximum absolute atomic E-state index is 6.46. The number of benzene rings is 2. The van der Waals surface area contributed by atoms with Crippen LogP contribution in [-0.2, 0) is 4.74 Å². The number of ether oxygens (including phenoxy) is 2. The van der Waals surface area contributed by atoms with Crippen molar-refractivity contribution in [3.05, 3.63) is 70.5 Å². The molecule has 4 aliphatic rings. The van der Waals surface area contributed by atoms with Crippen LogP contribution in [0, 0.1) is 5.92 Å². The lowest BCUT2D eigenvalue weighted by Gasteiger charge is -2.36. The average molecular weight is 613 g/mol. The Morgan fingerprint density at radius 1 is 0.946 bits per heavy atom. The number of halogens is 1. The Morgan fingerprint density at radius 3 is 2.70 bits per heavy atom. The van der Waals surface area contributed by atoms with Gasteiger partial charge in [0.25, 0.3) is 0 Å². The monoisotopic (exact) mass is 612 g/mol. The quantitative estimate of drug-likeness (QED) is 0.424. The van der Waals surface area contributed by atoms with E-state index in [9.17, 15) is 0 Å². The highest BCUT2D eigenvalue weighted by molar-refractivity contribution is 14.2. The molecule has 2 unspecified atom stereocenters. The normalized spacial score (nSPS) is 23.7. The number of fused-ring (bicyclic) bond motifs is 1. The average Bonchev–Trinajstić information content (AvgIpc) is 3.38. The van der Waals surface area contributed by atoms with Crippen LogP contribution in [0.5, 0.6) is 11.5 Å². The second-order valence-corrected chi connectivity index (χ2v) is 12.3. The van der Waals surface area contributed by atoms with Gasteiger partial charge in [-0.3, -0.25) is 4.90 Å². The third kappa shape index (κ3) is 6.04. The second kappa shape index (κ2) is 12.0. The van der Waals surface area contributed by atoms with Crippen LogP contribution in [0.15, 0.2) is 70.5 Å². The van der Waals surface area contributed by atoms with Crippen molar-refractivity contribution in [2.45, 2.75) is 18.9 Å². The van der Waals surface area contributed by atoms with E-state index in [1.54, 1.807) is 5.57 Å². The molecule has 0 bridgehead atoms. The molecule has 0 amide bonds. The van der Waals surface area contributed by atoms with E-state index < -0.39 is 0 Å². The molecule has 2 aromatic rings. The van der Waals surface area contributed by atoms with E-state index in [-0.39, 0.29) is 20.7 Å². The summed E-state index contributed by atoms with van der Waals surface area (Å²) in [5.41, 5.74) is 4.00. The van der Waals surface area contributed by atoms with Gasteiger partial charge in [-0.2, -0.15) is 0 Å². The van der Waals surface area contributed by atoms with Crippen LogP contribution in [0.4, 0.5) is 11.4 Å². The Morgan fingerprint density at radius 2 is 1.81 bits per heavy atom. The first-order valence-corrected chi connectivity index (χ1v) is 16.1. The van der Waals surface area contributed by atoms with E-state index in [2.05, 4.69) is 88.9 Å². The van der Waals surface area contributed by atoms with Gasteiger partial charge in [-0.25, -0.2) is 0 Å². The highest BCUT2D eigenvalue weighted by Crippen LogP contribution is 2.34. The van der Waals surface area contributed by atoms with Gasteiger partial charge in [0.2, 0.25) is 0 Å². The van der Waals surface area contributed by atoms with Crippen LogP contribution in [0.3, 0.4) is 0 Å². The molecule has 0 saturated carbocycles. The largest absolute Gasteiger partial charge is 0.455 e. The molecule has 6 nitrogen and oxygen atoms in total. The Kier molecular flexibility index (Phi) is 8.09. The zero-order valence-corrected chi connectivity index (χ0v) is 23.6. The third-order valence-electron chi connectivity index (χ3n) is 7.78. The van der Waals surface area contributed by atoms with Gasteiger partial charge in [0.15, 0.2) is 5.75 Å². The molecular weight excluding hydrogens is 575 g/mol. The van der Waals surface area contributed by atoms with Crippen molar-refractivity contribution in [3.63, 3.8) is 0 Å². The molecule has 2 saturated heterocycles. The molecule has 4 heterocycles. The Balaban J connectivity index is 1.02. The van der Waals surface area contributed by atoms with Crippen LogP contribution in [0.1, 0.15) is 12.8 Å². The maximum Gasteiger partial charge on any atom is 0.150 e. The smallest absolute Gasteiger partial charge is 0.150 e. The van der Waals surface area contributed by atoms with Crippen LogP contribution in [-0.4, -0.2) is 74.0 Å². The molecule has 0 spiro atoms.